The minimum Gasteiger partial charge on any atom is -0.386 e. The van der Waals surface area contributed by atoms with Crippen LogP contribution >= 0.6 is 0 Å². The summed E-state index contributed by atoms with van der Waals surface area (Å²) in [6.07, 6.45) is 6.12. The second kappa shape index (κ2) is 6.92. The van der Waals surface area contributed by atoms with Crippen LogP contribution in [0.5, 0.6) is 0 Å². The third kappa shape index (κ3) is 3.68. The lowest BCUT2D eigenvalue weighted by Crippen LogP contribution is -2.54. The van der Waals surface area contributed by atoms with E-state index in [4.69, 9.17) is 0 Å². The number of nitrogens with zero attached hydrogens (tertiary/aromatic N) is 4. The van der Waals surface area contributed by atoms with E-state index < -0.39 is 5.60 Å². The Bertz CT molecular complexity index is 709. The molecule has 126 valence electrons. The Balaban J connectivity index is 1.64. The van der Waals surface area contributed by atoms with Gasteiger partial charge in [0, 0.05) is 32.0 Å². The predicted molar refractivity (Wildman–Crippen MR) is 89.7 cm³/mol. The van der Waals surface area contributed by atoms with Gasteiger partial charge < -0.3 is 15.3 Å². The number of pyridine rings is 1. The fraction of sp³-hybridized carbons (Fsp3) is 0.412. The van der Waals surface area contributed by atoms with Crippen LogP contribution in [0.15, 0.2) is 36.9 Å². The molecule has 0 aliphatic carbocycles. The Hall–Kier alpha value is -2.54. The van der Waals surface area contributed by atoms with E-state index in [9.17, 15) is 9.90 Å². The standard InChI is InChI=1S/C17H21N5O2/c1-13-14(9-18-12-21-13)16(23)20-10-17(24)6-4-8-22(11-17)15-5-2-3-7-19-15/h2-3,5,7,9,12,24H,4,6,8,10-11H2,1H3,(H,20,23)/t17-/m1/s1. The number of aryl methyl sites for hydroxylation is 1. The summed E-state index contributed by atoms with van der Waals surface area (Å²) in [5.74, 6) is 0.575. The molecule has 1 aliphatic rings. The quantitative estimate of drug-likeness (QED) is 0.868. The van der Waals surface area contributed by atoms with Gasteiger partial charge in [-0.1, -0.05) is 6.07 Å². The van der Waals surface area contributed by atoms with E-state index in [1.807, 2.05) is 23.1 Å². The predicted octanol–water partition coefficient (Wildman–Crippen LogP) is 0.941. The van der Waals surface area contributed by atoms with Crippen molar-refractivity contribution in [1.29, 1.82) is 0 Å². The number of β-amino-alcohol motifs (C(OH)–C–C–N with tert-alkyl or cyclic N) is 1. The normalized spacial score (nSPS) is 20.7. The monoisotopic (exact) mass is 327 g/mol. The highest BCUT2D eigenvalue weighted by Crippen LogP contribution is 2.24. The molecule has 0 spiro atoms. The molecule has 1 aliphatic heterocycles. The molecule has 7 heteroatoms. The molecule has 1 saturated heterocycles. The molecule has 0 aromatic carbocycles. The van der Waals surface area contributed by atoms with E-state index in [-0.39, 0.29) is 12.5 Å². The first-order valence-electron chi connectivity index (χ1n) is 8.01. The molecule has 0 bridgehead atoms. The number of carbonyl (C=O) groups is 1. The number of carbonyl (C=O) groups excluding carboxylic acids is 1. The average Bonchev–Trinajstić information content (AvgIpc) is 2.61. The summed E-state index contributed by atoms with van der Waals surface area (Å²) in [7, 11) is 0. The Morgan fingerprint density at radius 3 is 3.04 bits per heavy atom. The highest BCUT2D eigenvalue weighted by molar-refractivity contribution is 5.94. The average molecular weight is 327 g/mol. The molecule has 7 nitrogen and oxygen atoms in total. The topological polar surface area (TPSA) is 91.2 Å². The highest BCUT2D eigenvalue weighted by Gasteiger charge is 2.34. The number of hydrogen-bond acceptors (Lipinski definition) is 6. The first-order chi connectivity index (χ1) is 11.6. The van der Waals surface area contributed by atoms with Crippen LogP contribution in [0.4, 0.5) is 5.82 Å². The van der Waals surface area contributed by atoms with Crippen LogP contribution in [0, 0.1) is 6.92 Å². The maximum atomic E-state index is 12.3. The fourth-order valence-corrected chi connectivity index (χ4v) is 2.95. The van der Waals surface area contributed by atoms with Crippen LogP contribution in [0.2, 0.25) is 0 Å². The maximum Gasteiger partial charge on any atom is 0.254 e. The molecule has 1 fully saturated rings. The zero-order chi connectivity index (χ0) is 17.0. The summed E-state index contributed by atoms with van der Waals surface area (Å²) >= 11 is 0. The molecular weight excluding hydrogens is 306 g/mol. The Labute approximate surface area is 140 Å². The van der Waals surface area contributed by atoms with Crippen molar-refractivity contribution in [2.45, 2.75) is 25.4 Å². The second-order valence-corrected chi connectivity index (χ2v) is 6.14. The molecule has 0 radical (unpaired) electrons. The number of anilines is 1. The lowest BCUT2D eigenvalue weighted by Gasteiger charge is -2.39. The lowest BCUT2D eigenvalue weighted by atomic mass is 9.92. The molecule has 2 N–H and O–H groups in total. The largest absolute Gasteiger partial charge is 0.386 e. The molecule has 1 amide bonds. The lowest BCUT2D eigenvalue weighted by molar-refractivity contribution is 0.0254. The molecule has 3 rings (SSSR count). The van der Waals surface area contributed by atoms with Gasteiger partial charge in [0.2, 0.25) is 0 Å². The number of aromatic nitrogens is 3. The maximum absolute atomic E-state index is 12.3. The number of piperidine rings is 1. The Kier molecular flexibility index (Phi) is 4.71. The van der Waals surface area contributed by atoms with Gasteiger partial charge in [-0.2, -0.15) is 0 Å². The number of rotatable bonds is 4. The summed E-state index contributed by atoms with van der Waals surface area (Å²) in [5.41, 5.74) is 0.0707. The number of amides is 1. The first kappa shape index (κ1) is 16.3. The molecule has 1 atom stereocenters. The number of aliphatic hydroxyl groups is 1. The second-order valence-electron chi connectivity index (χ2n) is 6.14. The van der Waals surface area contributed by atoms with Crippen molar-refractivity contribution in [2.24, 2.45) is 0 Å². The third-order valence-corrected chi connectivity index (χ3v) is 4.26. The van der Waals surface area contributed by atoms with Gasteiger partial charge in [-0.15, -0.1) is 0 Å². The minimum atomic E-state index is -0.977. The van der Waals surface area contributed by atoms with Gasteiger partial charge in [0.15, 0.2) is 0 Å². The minimum absolute atomic E-state index is 0.184. The molecule has 2 aromatic rings. The van der Waals surface area contributed by atoms with Gasteiger partial charge in [-0.25, -0.2) is 15.0 Å². The van der Waals surface area contributed by atoms with Gasteiger partial charge in [-0.05, 0) is 31.9 Å². The van der Waals surface area contributed by atoms with Gasteiger partial charge in [0.05, 0.1) is 16.9 Å². The highest BCUT2D eigenvalue weighted by atomic mass is 16.3. The van der Waals surface area contributed by atoms with Crippen LogP contribution in [-0.4, -0.2) is 51.2 Å². The van der Waals surface area contributed by atoms with E-state index in [1.54, 1.807) is 13.1 Å². The molecular formula is C17H21N5O2. The van der Waals surface area contributed by atoms with E-state index in [1.165, 1.54) is 12.5 Å². The van der Waals surface area contributed by atoms with Gasteiger partial charge in [-0.3, -0.25) is 4.79 Å². The molecule has 0 unspecified atom stereocenters. The van der Waals surface area contributed by atoms with Gasteiger partial charge >= 0.3 is 0 Å². The van der Waals surface area contributed by atoms with Crippen LogP contribution in [-0.2, 0) is 0 Å². The van der Waals surface area contributed by atoms with Crippen molar-refractivity contribution in [1.82, 2.24) is 20.3 Å². The van der Waals surface area contributed by atoms with Crippen LogP contribution in [0.3, 0.4) is 0 Å². The summed E-state index contributed by atoms with van der Waals surface area (Å²) in [6, 6.07) is 5.72. The Morgan fingerprint density at radius 1 is 1.42 bits per heavy atom. The smallest absolute Gasteiger partial charge is 0.254 e. The van der Waals surface area contributed by atoms with Crippen molar-refractivity contribution in [3.63, 3.8) is 0 Å². The summed E-state index contributed by atoms with van der Waals surface area (Å²) < 4.78 is 0. The van der Waals surface area contributed by atoms with Gasteiger partial charge in [0.25, 0.3) is 5.91 Å². The first-order valence-corrected chi connectivity index (χ1v) is 8.01. The van der Waals surface area contributed by atoms with Crippen LogP contribution in [0.25, 0.3) is 0 Å². The van der Waals surface area contributed by atoms with Crippen molar-refractivity contribution >= 4 is 11.7 Å². The van der Waals surface area contributed by atoms with Crippen molar-refractivity contribution < 1.29 is 9.90 Å². The molecule has 24 heavy (non-hydrogen) atoms. The van der Waals surface area contributed by atoms with E-state index in [2.05, 4.69) is 20.3 Å². The molecule has 0 saturated carbocycles. The van der Waals surface area contributed by atoms with E-state index in [0.717, 1.165) is 18.8 Å². The molecule has 2 aromatic heterocycles. The molecule has 3 heterocycles. The number of hydrogen-bond donors (Lipinski definition) is 2. The number of nitrogens with one attached hydrogen (secondary N) is 1. The van der Waals surface area contributed by atoms with Crippen molar-refractivity contribution in [3.8, 4) is 0 Å². The van der Waals surface area contributed by atoms with E-state index in [0.29, 0.717) is 24.2 Å². The summed E-state index contributed by atoms with van der Waals surface area (Å²) in [5, 5.41) is 13.7. The third-order valence-electron chi connectivity index (χ3n) is 4.26. The van der Waals surface area contributed by atoms with Gasteiger partial charge in [0.1, 0.15) is 12.1 Å². The fourth-order valence-electron chi connectivity index (χ4n) is 2.95. The van der Waals surface area contributed by atoms with Crippen LogP contribution in [0.1, 0.15) is 28.9 Å². The van der Waals surface area contributed by atoms with Crippen LogP contribution < -0.4 is 10.2 Å². The SMILES string of the molecule is Cc1ncncc1C(=O)NC[C@]1(O)CCCN(c2ccccn2)C1. The van der Waals surface area contributed by atoms with Crippen molar-refractivity contribution in [3.05, 3.63) is 48.2 Å². The van der Waals surface area contributed by atoms with E-state index >= 15 is 0 Å². The Morgan fingerprint density at radius 2 is 2.29 bits per heavy atom. The van der Waals surface area contributed by atoms with Crippen molar-refractivity contribution in [2.75, 3.05) is 24.5 Å². The summed E-state index contributed by atoms with van der Waals surface area (Å²) in [4.78, 5) is 26.5. The zero-order valence-electron chi connectivity index (χ0n) is 13.6. The summed E-state index contributed by atoms with van der Waals surface area (Å²) in [6.45, 7) is 3.23. The zero-order valence-corrected chi connectivity index (χ0v) is 13.6.